The van der Waals surface area contributed by atoms with E-state index in [0.29, 0.717) is 40.2 Å². The summed E-state index contributed by atoms with van der Waals surface area (Å²) in [4.78, 5) is 2.35. The molecule has 0 N–H and O–H groups in total. The maximum absolute atomic E-state index is 14.6. The highest BCUT2D eigenvalue weighted by molar-refractivity contribution is 6.30. The lowest BCUT2D eigenvalue weighted by Crippen LogP contribution is -2.34. The zero-order valence-electron chi connectivity index (χ0n) is 19.0. The summed E-state index contributed by atoms with van der Waals surface area (Å²) in [5, 5.41) is 17.5. The molecule has 5 rings (SSSR count). The number of nitrogens with zero attached hydrogens (tertiary/aromatic N) is 4. The normalized spacial score (nSPS) is 20.3. The number of fused-ring (bicyclic) bond motifs is 1. The largest absolute Gasteiger partial charge is 0.444 e. The van der Waals surface area contributed by atoms with Gasteiger partial charge in [-0.15, -0.1) is 5.10 Å². The molecular formula is C26H24ClFN4O2. The number of piperidine rings is 1. The van der Waals surface area contributed by atoms with E-state index in [0.717, 1.165) is 42.8 Å². The Labute approximate surface area is 202 Å². The minimum Gasteiger partial charge on any atom is -0.444 e. The molecule has 2 aromatic carbocycles. The molecule has 174 valence electrons. The predicted molar refractivity (Wildman–Crippen MR) is 125 cm³/mol. The van der Waals surface area contributed by atoms with Crippen LogP contribution in [-0.2, 0) is 12.3 Å². The molecule has 1 saturated heterocycles. The van der Waals surface area contributed by atoms with Gasteiger partial charge < -0.3 is 9.47 Å². The van der Waals surface area contributed by atoms with Crippen molar-refractivity contribution in [3.05, 3.63) is 81.4 Å². The molecule has 6 nitrogen and oxygen atoms in total. The highest BCUT2D eigenvalue weighted by atomic mass is 35.5. The van der Waals surface area contributed by atoms with Crippen LogP contribution < -0.4 is 9.47 Å². The highest BCUT2D eigenvalue weighted by Crippen LogP contribution is 2.49. The van der Waals surface area contributed by atoms with Crippen molar-refractivity contribution in [2.24, 2.45) is 0 Å². The van der Waals surface area contributed by atoms with Gasteiger partial charge in [0.25, 0.3) is 5.79 Å². The Bertz CT molecular complexity index is 1290. The summed E-state index contributed by atoms with van der Waals surface area (Å²) < 4.78 is 27.0. The lowest BCUT2D eigenvalue weighted by atomic mass is 9.88. The third kappa shape index (κ3) is 4.20. The minimum absolute atomic E-state index is 0.306. The number of hydrogen-bond acceptors (Lipinski definition) is 6. The van der Waals surface area contributed by atoms with Crippen LogP contribution in [-0.4, -0.2) is 28.2 Å². The minimum atomic E-state index is -1.25. The number of halogens is 2. The van der Waals surface area contributed by atoms with Crippen molar-refractivity contribution in [3.63, 3.8) is 0 Å². The Morgan fingerprint density at radius 3 is 2.68 bits per heavy atom. The Hall–Kier alpha value is -3.21. The molecule has 1 unspecified atom stereocenters. The molecule has 1 fully saturated rings. The fourth-order valence-electron chi connectivity index (χ4n) is 4.77. The number of rotatable bonds is 4. The fraction of sp³-hybridized carbons (Fsp3) is 0.346. The highest BCUT2D eigenvalue weighted by Gasteiger charge is 2.42. The van der Waals surface area contributed by atoms with Crippen LogP contribution in [0.2, 0.25) is 5.02 Å². The third-order valence-corrected chi connectivity index (χ3v) is 6.87. The number of para-hydroxylation sites is 1. The second kappa shape index (κ2) is 8.86. The van der Waals surface area contributed by atoms with Crippen LogP contribution in [0.5, 0.6) is 11.5 Å². The van der Waals surface area contributed by atoms with E-state index in [4.69, 9.17) is 26.3 Å². The first-order valence-corrected chi connectivity index (χ1v) is 11.7. The van der Waals surface area contributed by atoms with E-state index in [1.165, 1.54) is 6.07 Å². The van der Waals surface area contributed by atoms with Crippen molar-refractivity contribution in [3.8, 4) is 17.6 Å². The Morgan fingerprint density at radius 1 is 1.18 bits per heavy atom. The summed E-state index contributed by atoms with van der Waals surface area (Å²) in [7, 11) is 0. The van der Waals surface area contributed by atoms with Crippen molar-refractivity contribution in [1.29, 1.82) is 5.26 Å². The van der Waals surface area contributed by atoms with Crippen molar-refractivity contribution in [2.75, 3.05) is 13.1 Å². The third-order valence-electron chi connectivity index (χ3n) is 6.63. The molecule has 0 amide bonds. The van der Waals surface area contributed by atoms with Crippen molar-refractivity contribution in [2.45, 2.75) is 44.9 Å². The van der Waals surface area contributed by atoms with Crippen LogP contribution in [0.3, 0.4) is 0 Å². The molecule has 0 radical (unpaired) electrons. The molecule has 0 aliphatic carbocycles. The first kappa shape index (κ1) is 22.6. The number of aryl methyl sites for hydroxylation is 1. The van der Waals surface area contributed by atoms with Crippen molar-refractivity contribution < 1.29 is 13.9 Å². The maximum atomic E-state index is 14.6. The summed E-state index contributed by atoms with van der Waals surface area (Å²) in [5.41, 5.74) is 3.62. The van der Waals surface area contributed by atoms with Gasteiger partial charge >= 0.3 is 0 Å². The number of aromatic nitrogens is 2. The summed E-state index contributed by atoms with van der Waals surface area (Å²) in [6, 6.07) is 14.2. The molecule has 8 heteroatoms. The molecule has 3 heterocycles. The zero-order chi connectivity index (χ0) is 23.9. The molecule has 1 atom stereocenters. The average molecular weight is 479 g/mol. The van der Waals surface area contributed by atoms with E-state index in [2.05, 4.69) is 21.2 Å². The van der Waals surface area contributed by atoms with Crippen LogP contribution in [0.15, 0.2) is 42.5 Å². The van der Waals surface area contributed by atoms with Crippen molar-refractivity contribution in [1.82, 2.24) is 15.1 Å². The van der Waals surface area contributed by atoms with Gasteiger partial charge in [-0.2, -0.15) is 10.4 Å². The summed E-state index contributed by atoms with van der Waals surface area (Å²) in [5.74, 6) is -0.0920. The zero-order valence-corrected chi connectivity index (χ0v) is 19.8. The molecule has 2 aliphatic heterocycles. The van der Waals surface area contributed by atoms with Crippen LogP contribution in [0, 0.1) is 24.1 Å². The number of hydrogen-bond donors (Lipinski definition) is 0. The topological polar surface area (TPSA) is 71.3 Å². The molecule has 2 aliphatic rings. The van der Waals surface area contributed by atoms with E-state index < -0.39 is 11.6 Å². The SMILES string of the molecule is Cc1cc(C#N)nnc1CN1CCC(c2cccc3c2OC(C)(c2ccc(Cl)cc2F)O3)CC1. The Kier molecular flexibility index (Phi) is 5.88. The predicted octanol–water partition coefficient (Wildman–Crippen LogP) is 5.47. The van der Waals surface area contributed by atoms with Gasteiger partial charge in [-0.25, -0.2) is 4.39 Å². The van der Waals surface area contributed by atoms with E-state index in [-0.39, 0.29) is 0 Å². The number of likely N-dealkylation sites (tertiary alicyclic amines) is 1. The maximum Gasteiger partial charge on any atom is 0.278 e. The average Bonchev–Trinajstić information content (AvgIpc) is 3.18. The van der Waals surface area contributed by atoms with E-state index in [1.807, 2.05) is 25.1 Å². The second-order valence-electron chi connectivity index (χ2n) is 8.97. The van der Waals surface area contributed by atoms with Gasteiger partial charge in [-0.1, -0.05) is 23.7 Å². The fourth-order valence-corrected chi connectivity index (χ4v) is 4.93. The lowest BCUT2D eigenvalue weighted by Gasteiger charge is -2.32. The molecule has 0 bridgehead atoms. The van der Waals surface area contributed by atoms with Gasteiger partial charge in [-0.05, 0) is 74.7 Å². The molecular weight excluding hydrogens is 455 g/mol. The van der Waals surface area contributed by atoms with Gasteiger partial charge in [0.05, 0.1) is 11.3 Å². The summed E-state index contributed by atoms with van der Waals surface area (Å²) in [6.45, 7) is 6.20. The monoisotopic (exact) mass is 478 g/mol. The number of nitriles is 1. The molecule has 0 saturated carbocycles. The van der Waals surface area contributed by atoms with Gasteiger partial charge in [0, 0.05) is 24.1 Å². The Balaban J connectivity index is 1.30. The van der Waals surface area contributed by atoms with E-state index in [9.17, 15) is 4.39 Å². The lowest BCUT2D eigenvalue weighted by molar-refractivity contribution is -0.0712. The quantitative estimate of drug-likeness (QED) is 0.495. The van der Waals surface area contributed by atoms with Gasteiger partial charge in [0.15, 0.2) is 17.2 Å². The Morgan fingerprint density at radius 2 is 1.97 bits per heavy atom. The number of benzene rings is 2. The molecule has 34 heavy (non-hydrogen) atoms. The van der Waals surface area contributed by atoms with Crippen LogP contribution in [0.1, 0.15) is 53.8 Å². The van der Waals surface area contributed by atoms with E-state index >= 15 is 0 Å². The molecule has 1 aromatic heterocycles. The first-order valence-electron chi connectivity index (χ1n) is 11.3. The van der Waals surface area contributed by atoms with Crippen LogP contribution in [0.25, 0.3) is 0 Å². The van der Waals surface area contributed by atoms with Crippen molar-refractivity contribution >= 4 is 11.6 Å². The van der Waals surface area contributed by atoms with Gasteiger partial charge in [-0.3, -0.25) is 4.90 Å². The second-order valence-corrected chi connectivity index (χ2v) is 9.41. The summed E-state index contributed by atoms with van der Waals surface area (Å²) in [6.07, 6.45) is 1.91. The first-order chi connectivity index (χ1) is 16.4. The van der Waals surface area contributed by atoms with Crippen LogP contribution >= 0.6 is 11.6 Å². The smallest absolute Gasteiger partial charge is 0.278 e. The van der Waals surface area contributed by atoms with E-state index in [1.54, 1.807) is 25.1 Å². The standard InChI is InChI=1S/C26H24ClFN4O2/c1-16-12-19(14-29)30-31-23(16)15-32-10-8-17(9-11-32)20-4-3-5-24-25(20)34-26(2,33-24)21-7-6-18(27)13-22(21)28/h3-7,12-13,17H,8-11,15H2,1-2H3. The summed E-state index contributed by atoms with van der Waals surface area (Å²) >= 11 is 5.92. The van der Waals surface area contributed by atoms with Crippen LogP contribution in [0.4, 0.5) is 4.39 Å². The molecule has 0 spiro atoms. The van der Waals surface area contributed by atoms with Gasteiger partial charge in [0.1, 0.15) is 11.9 Å². The number of ether oxygens (including phenoxy) is 2. The van der Waals surface area contributed by atoms with Gasteiger partial charge in [0.2, 0.25) is 0 Å². The molecule has 3 aromatic rings.